The van der Waals surface area contributed by atoms with E-state index in [9.17, 15) is 4.79 Å². The number of carbonyl (C=O) groups is 1. The number of rotatable bonds is 5. The average Bonchev–Trinajstić information content (AvgIpc) is 2.16. The minimum Gasteiger partial charge on any atom is -0.481 e. The minimum atomic E-state index is -1.08. The van der Waals surface area contributed by atoms with Crippen molar-refractivity contribution in [3.8, 4) is 5.88 Å². The number of aromatic nitrogens is 2. The third kappa shape index (κ3) is 3.77. The highest BCUT2D eigenvalue weighted by molar-refractivity contribution is 5.68. The molecule has 0 bridgehead atoms. The second kappa shape index (κ2) is 5.11. The highest BCUT2D eigenvalue weighted by atomic mass is 16.7. The first-order chi connectivity index (χ1) is 7.11. The minimum absolute atomic E-state index is 0.160. The maximum absolute atomic E-state index is 10.1. The Bertz CT molecular complexity index is 356. The Morgan fingerprint density at radius 1 is 1.60 bits per heavy atom. The summed E-state index contributed by atoms with van der Waals surface area (Å²) in [6.45, 7) is 1.28. The van der Waals surface area contributed by atoms with Crippen LogP contribution in [0.1, 0.15) is 5.69 Å². The molecule has 15 heavy (non-hydrogen) atoms. The van der Waals surface area contributed by atoms with Gasteiger partial charge in [-0.25, -0.2) is 15.3 Å². The van der Waals surface area contributed by atoms with E-state index in [-0.39, 0.29) is 5.95 Å². The third-order valence-corrected chi connectivity index (χ3v) is 1.40. The molecule has 7 heteroatoms. The van der Waals surface area contributed by atoms with Crippen LogP contribution in [-0.4, -0.2) is 34.8 Å². The van der Waals surface area contributed by atoms with Gasteiger partial charge >= 0.3 is 5.97 Å². The molecule has 0 amide bonds. The number of methoxy groups -OCH3 is 1. The number of nitrogens with zero attached hydrogens (tertiary/aromatic N) is 2. The summed E-state index contributed by atoms with van der Waals surface area (Å²) in [6.07, 6.45) is 0. The van der Waals surface area contributed by atoms with Crippen molar-refractivity contribution in [3.63, 3.8) is 0 Å². The van der Waals surface area contributed by atoms with Gasteiger partial charge < -0.3 is 9.84 Å². The number of hydrogen-bond donors (Lipinski definition) is 2. The largest absolute Gasteiger partial charge is 0.481 e. The molecule has 2 N–H and O–H groups in total. The molecule has 0 fully saturated rings. The lowest BCUT2D eigenvalue weighted by atomic mass is 10.4. The second-order valence-corrected chi connectivity index (χ2v) is 2.66. The summed E-state index contributed by atoms with van der Waals surface area (Å²) in [5.41, 5.74) is 2.99. The van der Waals surface area contributed by atoms with Gasteiger partial charge in [0.1, 0.15) is 0 Å². The molecule has 0 saturated carbocycles. The summed E-state index contributed by atoms with van der Waals surface area (Å²) in [7, 11) is 1.48. The lowest BCUT2D eigenvalue weighted by Crippen LogP contribution is -2.13. The Balaban J connectivity index is 2.60. The molecule has 0 radical (unpaired) electrons. The van der Waals surface area contributed by atoms with E-state index in [2.05, 4.69) is 20.3 Å². The molecule has 0 unspecified atom stereocenters. The fourth-order valence-electron chi connectivity index (χ4n) is 0.852. The molecular formula is C8H11N3O4. The topological polar surface area (TPSA) is 93.6 Å². The molecule has 1 aromatic rings. The molecule has 0 saturated heterocycles. The van der Waals surface area contributed by atoms with Crippen LogP contribution in [0.4, 0.5) is 5.95 Å². The van der Waals surface area contributed by atoms with Gasteiger partial charge in [-0.2, -0.15) is 4.98 Å². The number of carboxylic acid groups (broad SMARTS) is 1. The number of ether oxygens (including phenoxy) is 1. The first-order valence-electron chi connectivity index (χ1n) is 4.11. The SMILES string of the molecule is COc1cc(C)nc(NOCC(=O)O)n1. The summed E-state index contributed by atoms with van der Waals surface area (Å²) >= 11 is 0. The van der Waals surface area contributed by atoms with Gasteiger partial charge in [0.25, 0.3) is 5.95 Å². The normalized spacial score (nSPS) is 9.73. The van der Waals surface area contributed by atoms with E-state index in [1.807, 2.05) is 0 Å². The second-order valence-electron chi connectivity index (χ2n) is 2.66. The van der Waals surface area contributed by atoms with Crippen LogP contribution in [-0.2, 0) is 9.63 Å². The molecule has 0 aliphatic carbocycles. The van der Waals surface area contributed by atoms with E-state index in [4.69, 9.17) is 9.84 Å². The van der Waals surface area contributed by atoms with Gasteiger partial charge in [0, 0.05) is 11.8 Å². The van der Waals surface area contributed by atoms with Gasteiger partial charge in [-0.15, -0.1) is 0 Å². The predicted octanol–water partition coefficient (Wildman–Crippen LogP) is 0.222. The van der Waals surface area contributed by atoms with Crippen molar-refractivity contribution in [2.75, 3.05) is 19.2 Å². The van der Waals surface area contributed by atoms with Crippen LogP contribution in [0.5, 0.6) is 5.88 Å². The molecular weight excluding hydrogens is 202 g/mol. The maximum Gasteiger partial charge on any atom is 0.332 e. The van der Waals surface area contributed by atoms with Crippen molar-refractivity contribution >= 4 is 11.9 Å². The zero-order valence-electron chi connectivity index (χ0n) is 8.35. The van der Waals surface area contributed by atoms with Crippen molar-refractivity contribution in [2.45, 2.75) is 6.92 Å². The summed E-state index contributed by atoms with van der Waals surface area (Å²) in [5, 5.41) is 8.32. The molecule has 1 rings (SSSR count). The molecule has 82 valence electrons. The maximum atomic E-state index is 10.1. The van der Waals surface area contributed by atoms with E-state index >= 15 is 0 Å². The number of anilines is 1. The van der Waals surface area contributed by atoms with Crippen molar-refractivity contribution in [3.05, 3.63) is 11.8 Å². The number of aliphatic carboxylic acids is 1. The molecule has 0 atom stereocenters. The van der Waals surface area contributed by atoms with Gasteiger partial charge in [0.2, 0.25) is 5.88 Å². The lowest BCUT2D eigenvalue weighted by molar-refractivity contribution is -0.141. The van der Waals surface area contributed by atoms with Gasteiger partial charge in [-0.1, -0.05) is 0 Å². The van der Waals surface area contributed by atoms with Crippen LogP contribution in [0.2, 0.25) is 0 Å². The zero-order valence-corrected chi connectivity index (χ0v) is 8.35. The fraction of sp³-hybridized carbons (Fsp3) is 0.375. The molecule has 0 aromatic carbocycles. The van der Waals surface area contributed by atoms with E-state index in [0.717, 1.165) is 0 Å². The van der Waals surface area contributed by atoms with Crippen LogP contribution < -0.4 is 10.2 Å². The van der Waals surface area contributed by atoms with E-state index in [0.29, 0.717) is 11.6 Å². The first kappa shape index (κ1) is 11.2. The van der Waals surface area contributed by atoms with Crippen LogP contribution >= 0.6 is 0 Å². The van der Waals surface area contributed by atoms with Crippen LogP contribution in [0.25, 0.3) is 0 Å². The van der Waals surface area contributed by atoms with E-state index in [1.165, 1.54) is 7.11 Å². The standard InChI is InChI=1S/C8H11N3O4/c1-5-3-6(14-2)10-8(9-5)11-15-4-7(12)13/h3H,4H2,1-2H3,(H,12,13)(H,9,10,11). The Hall–Kier alpha value is -1.89. The highest BCUT2D eigenvalue weighted by Crippen LogP contribution is 2.10. The molecule has 0 aliphatic rings. The first-order valence-corrected chi connectivity index (χ1v) is 4.11. The Morgan fingerprint density at radius 2 is 2.33 bits per heavy atom. The van der Waals surface area contributed by atoms with Gasteiger partial charge in [-0.05, 0) is 6.92 Å². The highest BCUT2D eigenvalue weighted by Gasteiger charge is 2.03. The van der Waals surface area contributed by atoms with E-state index in [1.54, 1.807) is 13.0 Å². The van der Waals surface area contributed by atoms with Crippen LogP contribution in [0.3, 0.4) is 0 Å². The summed E-state index contributed by atoms with van der Waals surface area (Å²) < 4.78 is 4.90. The molecule has 1 aromatic heterocycles. The molecule has 7 nitrogen and oxygen atoms in total. The average molecular weight is 213 g/mol. The number of nitrogens with one attached hydrogen (secondary N) is 1. The van der Waals surface area contributed by atoms with Crippen molar-refractivity contribution in [1.29, 1.82) is 0 Å². The third-order valence-electron chi connectivity index (χ3n) is 1.40. The van der Waals surface area contributed by atoms with Gasteiger partial charge in [0.15, 0.2) is 6.61 Å². The number of aryl methyl sites for hydroxylation is 1. The van der Waals surface area contributed by atoms with Crippen LogP contribution in [0, 0.1) is 6.92 Å². The van der Waals surface area contributed by atoms with Gasteiger partial charge in [0.05, 0.1) is 7.11 Å². The molecule has 1 heterocycles. The Labute approximate surface area is 86.0 Å². The lowest BCUT2D eigenvalue weighted by Gasteiger charge is -2.05. The predicted molar refractivity (Wildman–Crippen MR) is 50.5 cm³/mol. The van der Waals surface area contributed by atoms with E-state index < -0.39 is 12.6 Å². The monoisotopic (exact) mass is 213 g/mol. The van der Waals surface area contributed by atoms with Gasteiger partial charge in [-0.3, -0.25) is 4.84 Å². The number of hydrogen-bond acceptors (Lipinski definition) is 6. The van der Waals surface area contributed by atoms with Crippen molar-refractivity contribution < 1.29 is 19.5 Å². The summed E-state index contributed by atoms with van der Waals surface area (Å²) in [5.74, 6) is -0.542. The molecule has 0 aliphatic heterocycles. The molecule has 0 spiro atoms. The van der Waals surface area contributed by atoms with Crippen molar-refractivity contribution in [2.24, 2.45) is 0 Å². The Kier molecular flexibility index (Phi) is 3.81. The quantitative estimate of drug-likeness (QED) is 0.675. The smallest absolute Gasteiger partial charge is 0.332 e. The number of carboxylic acids is 1. The van der Waals surface area contributed by atoms with Crippen molar-refractivity contribution in [1.82, 2.24) is 9.97 Å². The Morgan fingerprint density at radius 3 is 2.93 bits per heavy atom. The van der Waals surface area contributed by atoms with Crippen LogP contribution in [0.15, 0.2) is 6.07 Å². The zero-order chi connectivity index (χ0) is 11.3. The fourth-order valence-corrected chi connectivity index (χ4v) is 0.852. The summed E-state index contributed by atoms with van der Waals surface area (Å²) in [4.78, 5) is 22.6. The summed E-state index contributed by atoms with van der Waals surface area (Å²) in [6, 6.07) is 1.64.